The Bertz CT molecular complexity index is 400. The molecule has 2 nitrogen and oxygen atoms in total. The summed E-state index contributed by atoms with van der Waals surface area (Å²) >= 11 is 0. The predicted octanol–water partition coefficient (Wildman–Crippen LogP) is 3.27. The molecule has 1 atom stereocenters. The summed E-state index contributed by atoms with van der Waals surface area (Å²) in [5.74, 6) is 0. The van der Waals surface area contributed by atoms with Gasteiger partial charge in [0, 0.05) is 19.1 Å². The summed E-state index contributed by atoms with van der Waals surface area (Å²) in [6, 6.07) is 7.55. The monoisotopic (exact) mass is 260 g/mol. The number of benzene rings is 1. The Morgan fingerprint density at radius 1 is 1.32 bits per heavy atom. The van der Waals surface area contributed by atoms with Crippen LogP contribution in [-0.2, 0) is 6.54 Å². The molecule has 1 heterocycles. The van der Waals surface area contributed by atoms with Crippen LogP contribution in [0.15, 0.2) is 18.2 Å². The molecule has 0 aliphatic carbocycles. The van der Waals surface area contributed by atoms with E-state index in [1.54, 1.807) is 0 Å². The first-order chi connectivity index (χ1) is 9.20. The normalized spacial score (nSPS) is 20.1. The van der Waals surface area contributed by atoms with Gasteiger partial charge in [0.2, 0.25) is 0 Å². The molecule has 0 amide bonds. The highest BCUT2D eigenvalue weighted by Crippen LogP contribution is 2.21. The number of hydrogen-bond donors (Lipinski definition) is 1. The molecule has 0 aromatic heterocycles. The topological polar surface area (TPSA) is 15.3 Å². The van der Waals surface area contributed by atoms with E-state index in [9.17, 15) is 0 Å². The Kier molecular flexibility index (Phi) is 5.41. The van der Waals surface area contributed by atoms with Crippen molar-refractivity contribution in [3.8, 4) is 0 Å². The molecule has 1 saturated heterocycles. The lowest BCUT2D eigenvalue weighted by molar-refractivity contribution is 0.239. The van der Waals surface area contributed by atoms with Gasteiger partial charge in [-0.25, -0.2) is 0 Å². The van der Waals surface area contributed by atoms with Crippen molar-refractivity contribution in [3.63, 3.8) is 0 Å². The van der Waals surface area contributed by atoms with Gasteiger partial charge in [-0.1, -0.05) is 30.7 Å². The van der Waals surface area contributed by atoms with Gasteiger partial charge in [-0.3, -0.25) is 4.90 Å². The molecule has 1 aliphatic heterocycles. The molecule has 1 fully saturated rings. The highest BCUT2D eigenvalue weighted by molar-refractivity contribution is 5.30. The quantitative estimate of drug-likeness (QED) is 0.790. The molecule has 1 unspecified atom stereocenters. The zero-order valence-corrected chi connectivity index (χ0v) is 12.7. The van der Waals surface area contributed by atoms with Crippen LogP contribution in [0.2, 0.25) is 0 Å². The smallest absolute Gasteiger partial charge is 0.0239 e. The minimum atomic E-state index is 0.728. The van der Waals surface area contributed by atoms with Crippen molar-refractivity contribution in [2.24, 2.45) is 0 Å². The van der Waals surface area contributed by atoms with E-state index in [0.717, 1.165) is 25.7 Å². The number of nitrogens with one attached hydrogen (secondary N) is 1. The molecule has 1 N–H and O–H groups in total. The van der Waals surface area contributed by atoms with Crippen LogP contribution in [0.3, 0.4) is 0 Å². The van der Waals surface area contributed by atoms with Gasteiger partial charge in [0.1, 0.15) is 0 Å². The van der Waals surface area contributed by atoms with Crippen LogP contribution in [0.4, 0.5) is 0 Å². The summed E-state index contributed by atoms with van der Waals surface area (Å²) in [6.07, 6.45) is 3.93. The third-order valence-electron chi connectivity index (χ3n) is 4.18. The summed E-state index contributed by atoms with van der Waals surface area (Å²) < 4.78 is 0. The van der Waals surface area contributed by atoms with Crippen LogP contribution < -0.4 is 5.32 Å². The van der Waals surface area contributed by atoms with Crippen molar-refractivity contribution in [1.29, 1.82) is 0 Å². The van der Waals surface area contributed by atoms with Gasteiger partial charge in [-0.2, -0.15) is 0 Å². The molecule has 0 saturated carbocycles. The average molecular weight is 260 g/mol. The molecule has 19 heavy (non-hydrogen) atoms. The van der Waals surface area contributed by atoms with Gasteiger partial charge >= 0.3 is 0 Å². The zero-order valence-electron chi connectivity index (χ0n) is 12.7. The summed E-state index contributed by atoms with van der Waals surface area (Å²) in [5, 5.41) is 3.58. The molecule has 2 rings (SSSR count). The van der Waals surface area contributed by atoms with Gasteiger partial charge in [-0.05, 0) is 57.3 Å². The highest BCUT2D eigenvalue weighted by Gasteiger charge is 2.24. The number of nitrogens with zero attached hydrogens (tertiary/aromatic N) is 1. The first-order valence-corrected chi connectivity index (χ1v) is 7.71. The van der Waals surface area contributed by atoms with Crippen LogP contribution in [0.25, 0.3) is 0 Å². The number of hydrogen-bond acceptors (Lipinski definition) is 2. The van der Waals surface area contributed by atoms with Crippen LogP contribution >= 0.6 is 0 Å². The maximum Gasteiger partial charge on any atom is 0.0239 e. The Hall–Kier alpha value is -0.860. The largest absolute Gasteiger partial charge is 0.315 e. The molecule has 2 heteroatoms. The fourth-order valence-electron chi connectivity index (χ4n) is 2.97. The second kappa shape index (κ2) is 7.06. The molecular weight excluding hydrogens is 232 g/mol. The van der Waals surface area contributed by atoms with Crippen molar-refractivity contribution in [3.05, 3.63) is 34.9 Å². The minimum Gasteiger partial charge on any atom is -0.315 e. The maximum atomic E-state index is 3.58. The summed E-state index contributed by atoms with van der Waals surface area (Å²) in [6.45, 7) is 11.3. The number of rotatable bonds is 6. The van der Waals surface area contributed by atoms with Gasteiger partial charge in [0.05, 0.1) is 0 Å². The van der Waals surface area contributed by atoms with Gasteiger partial charge in [-0.15, -0.1) is 0 Å². The van der Waals surface area contributed by atoms with E-state index < -0.39 is 0 Å². The molecular formula is C17H28N2. The van der Waals surface area contributed by atoms with E-state index in [-0.39, 0.29) is 0 Å². The first-order valence-electron chi connectivity index (χ1n) is 7.71. The van der Waals surface area contributed by atoms with Crippen LogP contribution in [0, 0.1) is 13.8 Å². The molecule has 1 aromatic carbocycles. The molecule has 0 spiro atoms. The predicted molar refractivity (Wildman–Crippen MR) is 82.5 cm³/mol. The van der Waals surface area contributed by atoms with E-state index in [1.165, 1.54) is 42.5 Å². The minimum absolute atomic E-state index is 0.728. The molecule has 1 aliphatic rings. The average Bonchev–Trinajstić information content (AvgIpc) is 2.82. The number of likely N-dealkylation sites (tertiary alicyclic amines) is 1. The number of aryl methyl sites for hydroxylation is 2. The van der Waals surface area contributed by atoms with Gasteiger partial charge in [0.15, 0.2) is 0 Å². The summed E-state index contributed by atoms with van der Waals surface area (Å²) in [7, 11) is 0. The lowest BCUT2D eigenvalue weighted by atomic mass is 10.0. The third-order valence-corrected chi connectivity index (χ3v) is 4.18. The standard InChI is InChI=1S/C17H28N2/c1-4-9-18-12-17-6-5-10-19(17)13-16-11-14(2)7-8-15(16)3/h7-8,11,17-18H,4-6,9-10,12-13H2,1-3H3. The van der Waals surface area contributed by atoms with Gasteiger partial charge in [0.25, 0.3) is 0 Å². The SMILES string of the molecule is CCCNCC1CCCN1Cc1cc(C)ccc1C. The van der Waals surface area contributed by atoms with Crippen molar-refractivity contribution in [2.75, 3.05) is 19.6 Å². The Morgan fingerprint density at radius 2 is 2.16 bits per heavy atom. The van der Waals surface area contributed by atoms with E-state index in [0.29, 0.717) is 0 Å². The Balaban J connectivity index is 1.95. The van der Waals surface area contributed by atoms with Crippen LogP contribution in [-0.4, -0.2) is 30.6 Å². The van der Waals surface area contributed by atoms with Crippen LogP contribution in [0.5, 0.6) is 0 Å². The van der Waals surface area contributed by atoms with Crippen LogP contribution in [0.1, 0.15) is 42.9 Å². The lowest BCUT2D eigenvalue weighted by Gasteiger charge is -2.25. The van der Waals surface area contributed by atoms with Crippen molar-refractivity contribution >= 4 is 0 Å². The van der Waals surface area contributed by atoms with E-state index >= 15 is 0 Å². The summed E-state index contributed by atoms with van der Waals surface area (Å²) in [5.41, 5.74) is 4.31. The van der Waals surface area contributed by atoms with Crippen molar-refractivity contribution in [2.45, 2.75) is 52.6 Å². The maximum absolute atomic E-state index is 3.58. The molecule has 106 valence electrons. The zero-order chi connectivity index (χ0) is 13.7. The Labute approximate surface area is 118 Å². The second-order valence-corrected chi connectivity index (χ2v) is 5.90. The molecule has 0 bridgehead atoms. The van der Waals surface area contributed by atoms with Crippen molar-refractivity contribution < 1.29 is 0 Å². The first kappa shape index (κ1) is 14.5. The van der Waals surface area contributed by atoms with E-state index in [2.05, 4.69) is 49.2 Å². The fraction of sp³-hybridized carbons (Fsp3) is 0.647. The fourth-order valence-corrected chi connectivity index (χ4v) is 2.97. The molecule has 1 aromatic rings. The van der Waals surface area contributed by atoms with Crippen molar-refractivity contribution in [1.82, 2.24) is 10.2 Å². The Morgan fingerprint density at radius 3 is 2.95 bits per heavy atom. The highest BCUT2D eigenvalue weighted by atomic mass is 15.2. The van der Waals surface area contributed by atoms with E-state index in [4.69, 9.17) is 0 Å². The third kappa shape index (κ3) is 4.05. The van der Waals surface area contributed by atoms with E-state index in [1.807, 2.05) is 0 Å². The second-order valence-electron chi connectivity index (χ2n) is 5.90. The summed E-state index contributed by atoms with van der Waals surface area (Å²) in [4.78, 5) is 2.66. The van der Waals surface area contributed by atoms with Gasteiger partial charge < -0.3 is 5.32 Å². The molecule has 0 radical (unpaired) electrons. The lowest BCUT2D eigenvalue weighted by Crippen LogP contribution is -2.37.